The van der Waals surface area contributed by atoms with Crippen LogP contribution in [-0.4, -0.2) is 20.8 Å². The second-order valence-corrected chi connectivity index (χ2v) is 3.68. The molecule has 3 nitrogen and oxygen atoms in total. The van der Waals surface area contributed by atoms with Gasteiger partial charge >= 0.3 is 0 Å². The summed E-state index contributed by atoms with van der Waals surface area (Å²) in [6, 6.07) is 3.58. The van der Waals surface area contributed by atoms with Crippen LogP contribution in [0.3, 0.4) is 0 Å². The zero-order chi connectivity index (χ0) is 12.9. The van der Waals surface area contributed by atoms with Gasteiger partial charge < -0.3 is 15.2 Å². The van der Waals surface area contributed by atoms with Gasteiger partial charge in [-0.25, -0.2) is 8.78 Å². The van der Waals surface area contributed by atoms with Crippen molar-refractivity contribution < 1.29 is 18.3 Å². The van der Waals surface area contributed by atoms with Crippen LogP contribution in [0.1, 0.15) is 18.4 Å². The summed E-state index contributed by atoms with van der Waals surface area (Å²) in [6.07, 6.45) is 1.13. The third-order valence-electron chi connectivity index (χ3n) is 2.73. The first-order chi connectivity index (χ1) is 8.09. The van der Waals surface area contributed by atoms with Crippen molar-refractivity contribution in [3.05, 3.63) is 35.4 Å². The minimum absolute atomic E-state index is 0.440. The second kappa shape index (κ2) is 6.05. The number of ether oxygens (including phenoxy) is 2. The Morgan fingerprint density at radius 3 is 2.29 bits per heavy atom. The van der Waals surface area contributed by atoms with Crippen molar-refractivity contribution in [3.63, 3.8) is 0 Å². The van der Waals surface area contributed by atoms with Crippen molar-refractivity contribution in [1.82, 2.24) is 0 Å². The van der Waals surface area contributed by atoms with Gasteiger partial charge in [-0.05, 0) is 25.1 Å². The molecule has 0 atom stereocenters. The minimum Gasteiger partial charge on any atom is -0.349 e. The van der Waals surface area contributed by atoms with E-state index in [0.29, 0.717) is 24.9 Å². The predicted molar refractivity (Wildman–Crippen MR) is 60.3 cm³/mol. The van der Waals surface area contributed by atoms with Crippen LogP contribution in [0.4, 0.5) is 8.78 Å². The van der Waals surface area contributed by atoms with E-state index in [-0.39, 0.29) is 0 Å². The normalized spacial score (nSPS) is 11.8. The molecule has 0 heterocycles. The van der Waals surface area contributed by atoms with E-state index in [0.717, 1.165) is 12.1 Å². The van der Waals surface area contributed by atoms with Crippen LogP contribution in [0, 0.1) is 11.6 Å². The summed E-state index contributed by atoms with van der Waals surface area (Å²) in [7, 11) is 2.92. The Kier molecular flexibility index (Phi) is 4.99. The van der Waals surface area contributed by atoms with Crippen LogP contribution in [0.2, 0.25) is 0 Å². The van der Waals surface area contributed by atoms with E-state index >= 15 is 0 Å². The van der Waals surface area contributed by atoms with Gasteiger partial charge in [-0.15, -0.1) is 0 Å². The lowest BCUT2D eigenvalue weighted by Gasteiger charge is -2.31. The highest BCUT2D eigenvalue weighted by Crippen LogP contribution is 2.31. The molecular formula is C12H17F2NO2. The van der Waals surface area contributed by atoms with Crippen LogP contribution in [-0.2, 0) is 15.3 Å². The van der Waals surface area contributed by atoms with E-state index in [1.807, 2.05) is 0 Å². The summed E-state index contributed by atoms with van der Waals surface area (Å²) in [6.45, 7) is 0.470. The van der Waals surface area contributed by atoms with E-state index in [2.05, 4.69) is 0 Å². The average Bonchev–Trinajstić information content (AvgIpc) is 2.35. The van der Waals surface area contributed by atoms with Crippen LogP contribution in [0.5, 0.6) is 0 Å². The predicted octanol–water partition coefficient (Wildman–Crippen LogP) is 2.15. The lowest BCUT2D eigenvalue weighted by atomic mass is 10.00. The summed E-state index contributed by atoms with van der Waals surface area (Å²) in [5.41, 5.74) is 5.87. The Bertz CT molecular complexity index is 368. The summed E-state index contributed by atoms with van der Waals surface area (Å²) in [5, 5.41) is 0. The Balaban J connectivity index is 3.07. The molecule has 0 aromatic heterocycles. The average molecular weight is 245 g/mol. The molecule has 5 heteroatoms. The molecule has 0 aliphatic rings. The maximum Gasteiger partial charge on any atom is 0.194 e. The minimum atomic E-state index is -1.08. The molecule has 0 saturated heterocycles. The molecule has 0 aliphatic carbocycles. The molecule has 17 heavy (non-hydrogen) atoms. The number of methoxy groups -OCH3 is 2. The molecule has 2 N–H and O–H groups in total. The fourth-order valence-corrected chi connectivity index (χ4v) is 1.74. The van der Waals surface area contributed by atoms with Crippen molar-refractivity contribution in [2.45, 2.75) is 18.6 Å². The third kappa shape index (κ3) is 3.00. The van der Waals surface area contributed by atoms with E-state index in [1.54, 1.807) is 0 Å². The Hall–Kier alpha value is -1.04. The standard InChI is InChI=1S/C12H17F2NO2/c1-16-12(17-2,6-3-7-15)9-4-5-10(13)11(14)8-9/h4-5,8H,3,6-7,15H2,1-2H3. The van der Waals surface area contributed by atoms with Gasteiger partial charge in [0.15, 0.2) is 17.4 Å². The van der Waals surface area contributed by atoms with E-state index in [9.17, 15) is 8.78 Å². The number of halogens is 2. The van der Waals surface area contributed by atoms with E-state index in [4.69, 9.17) is 15.2 Å². The summed E-state index contributed by atoms with van der Waals surface area (Å²) in [5.74, 6) is -2.89. The van der Waals surface area contributed by atoms with Gasteiger partial charge in [-0.2, -0.15) is 0 Å². The van der Waals surface area contributed by atoms with Gasteiger partial charge in [0.05, 0.1) is 0 Å². The lowest BCUT2D eigenvalue weighted by Crippen LogP contribution is -2.31. The molecule has 1 aromatic rings. The fourth-order valence-electron chi connectivity index (χ4n) is 1.74. The van der Waals surface area contributed by atoms with Crippen molar-refractivity contribution in [1.29, 1.82) is 0 Å². The van der Waals surface area contributed by atoms with Crippen molar-refractivity contribution >= 4 is 0 Å². The van der Waals surface area contributed by atoms with Crippen molar-refractivity contribution in [2.75, 3.05) is 20.8 Å². The molecular weight excluding hydrogens is 228 g/mol. The van der Waals surface area contributed by atoms with Gasteiger partial charge in [-0.3, -0.25) is 0 Å². The van der Waals surface area contributed by atoms with E-state index in [1.165, 1.54) is 20.3 Å². The first-order valence-electron chi connectivity index (χ1n) is 5.35. The molecule has 0 fully saturated rings. The van der Waals surface area contributed by atoms with Gasteiger partial charge in [0.1, 0.15) is 0 Å². The Morgan fingerprint density at radius 1 is 1.18 bits per heavy atom. The van der Waals surface area contributed by atoms with E-state index < -0.39 is 17.4 Å². The lowest BCUT2D eigenvalue weighted by molar-refractivity contribution is -0.220. The summed E-state index contributed by atoms with van der Waals surface area (Å²) < 4.78 is 36.7. The molecule has 0 bridgehead atoms. The molecule has 0 amide bonds. The zero-order valence-electron chi connectivity index (χ0n) is 10.0. The highest BCUT2D eigenvalue weighted by Gasteiger charge is 2.32. The third-order valence-corrected chi connectivity index (χ3v) is 2.73. The Morgan fingerprint density at radius 2 is 1.82 bits per heavy atom. The van der Waals surface area contributed by atoms with Crippen LogP contribution in [0.25, 0.3) is 0 Å². The molecule has 1 rings (SSSR count). The maximum absolute atomic E-state index is 13.2. The smallest absolute Gasteiger partial charge is 0.194 e. The van der Waals surface area contributed by atoms with Gasteiger partial charge in [0, 0.05) is 26.2 Å². The molecule has 96 valence electrons. The highest BCUT2D eigenvalue weighted by atomic mass is 19.2. The number of rotatable bonds is 6. The van der Waals surface area contributed by atoms with Gasteiger partial charge in [0.2, 0.25) is 0 Å². The molecule has 0 spiro atoms. The summed E-state index contributed by atoms with van der Waals surface area (Å²) >= 11 is 0. The SMILES string of the molecule is COC(CCCN)(OC)c1ccc(F)c(F)c1. The fraction of sp³-hybridized carbons (Fsp3) is 0.500. The first kappa shape index (κ1) is 14.0. The number of hydrogen-bond donors (Lipinski definition) is 1. The molecule has 0 radical (unpaired) electrons. The number of hydrogen-bond acceptors (Lipinski definition) is 3. The molecule has 0 saturated carbocycles. The molecule has 1 aromatic carbocycles. The quantitative estimate of drug-likeness (QED) is 0.781. The number of nitrogens with two attached hydrogens (primary N) is 1. The molecule has 0 unspecified atom stereocenters. The monoisotopic (exact) mass is 245 g/mol. The van der Waals surface area contributed by atoms with Crippen molar-refractivity contribution in [2.24, 2.45) is 5.73 Å². The first-order valence-corrected chi connectivity index (χ1v) is 5.35. The molecule has 0 aliphatic heterocycles. The van der Waals surface area contributed by atoms with Gasteiger partial charge in [0.25, 0.3) is 0 Å². The van der Waals surface area contributed by atoms with Crippen LogP contribution < -0.4 is 5.73 Å². The van der Waals surface area contributed by atoms with Crippen molar-refractivity contribution in [3.8, 4) is 0 Å². The van der Waals surface area contributed by atoms with Crippen LogP contribution in [0.15, 0.2) is 18.2 Å². The maximum atomic E-state index is 13.2. The largest absolute Gasteiger partial charge is 0.349 e. The Labute approximate surface area is 99.5 Å². The second-order valence-electron chi connectivity index (χ2n) is 3.68. The number of benzene rings is 1. The zero-order valence-corrected chi connectivity index (χ0v) is 10.0. The van der Waals surface area contributed by atoms with Crippen LogP contribution >= 0.6 is 0 Å². The summed E-state index contributed by atoms with van der Waals surface area (Å²) in [4.78, 5) is 0. The highest BCUT2D eigenvalue weighted by molar-refractivity contribution is 5.22. The topological polar surface area (TPSA) is 44.5 Å². The van der Waals surface area contributed by atoms with Gasteiger partial charge in [-0.1, -0.05) is 6.07 Å².